The summed E-state index contributed by atoms with van der Waals surface area (Å²) in [6, 6.07) is 18.2. The van der Waals surface area contributed by atoms with Crippen LogP contribution in [0, 0.1) is 11.6 Å². The Labute approximate surface area is 217 Å². The van der Waals surface area contributed by atoms with Crippen LogP contribution in [0.4, 0.5) is 36.5 Å². The highest BCUT2D eigenvalue weighted by Gasteiger charge is 2.26. The average molecular weight is 516 g/mol. The molecule has 0 fully saturated rings. The van der Waals surface area contributed by atoms with Crippen LogP contribution in [0.15, 0.2) is 79.0 Å². The normalized spacial score (nSPS) is 12.4. The summed E-state index contributed by atoms with van der Waals surface area (Å²) < 4.78 is 33.6. The van der Waals surface area contributed by atoms with E-state index in [1.807, 2.05) is 24.3 Å². The number of hydrogen-bond donors (Lipinski definition) is 3. The third-order valence-corrected chi connectivity index (χ3v) is 6.03. The average Bonchev–Trinajstić information content (AvgIpc) is 2.91. The lowest BCUT2D eigenvalue weighted by atomic mass is 10.1. The molecule has 0 saturated carbocycles. The van der Waals surface area contributed by atoms with E-state index in [4.69, 9.17) is 4.74 Å². The molecule has 10 heteroatoms. The highest BCUT2D eigenvalue weighted by molar-refractivity contribution is 6.04. The summed E-state index contributed by atoms with van der Waals surface area (Å²) >= 11 is 0. The first kappa shape index (κ1) is 24.7. The molecule has 0 bridgehead atoms. The molecule has 1 aliphatic heterocycles. The van der Waals surface area contributed by atoms with Crippen molar-refractivity contribution in [2.24, 2.45) is 0 Å². The Bertz CT molecular complexity index is 1510. The Morgan fingerprint density at radius 1 is 1.05 bits per heavy atom. The van der Waals surface area contributed by atoms with Crippen LogP contribution in [0.1, 0.15) is 21.5 Å². The molecule has 192 valence electrons. The molecule has 0 unspecified atom stereocenters. The lowest BCUT2D eigenvalue weighted by molar-refractivity contribution is 0.102. The molecule has 0 atom stereocenters. The van der Waals surface area contributed by atoms with Gasteiger partial charge in [-0.1, -0.05) is 18.2 Å². The lowest BCUT2D eigenvalue weighted by Crippen LogP contribution is -2.38. The second kappa shape index (κ2) is 10.6. The fourth-order valence-corrected chi connectivity index (χ4v) is 4.07. The molecule has 5 rings (SSSR count). The number of methoxy groups -OCH3 is 1. The zero-order valence-corrected chi connectivity index (χ0v) is 20.3. The standard InChI is InChI=1S/C28H23F2N5O3/c1-38-21-8-5-17(6-9-21)15-35-16-22-24(11-12-31-26(22)34-28(35)37)33-25-10-7-20(14-23(25)30)32-27(36)18-3-2-4-19(29)13-18/h2-14H,15-16H2,1H3,(H,32,36)(H2,31,33,34,37). The van der Waals surface area contributed by atoms with Crippen LogP contribution in [0.5, 0.6) is 5.75 Å². The topological polar surface area (TPSA) is 95.6 Å². The van der Waals surface area contributed by atoms with Crippen LogP contribution in [0.25, 0.3) is 0 Å². The number of benzene rings is 3. The summed E-state index contributed by atoms with van der Waals surface area (Å²) in [5, 5.41) is 8.41. The molecule has 3 N–H and O–H groups in total. The Kier molecular flexibility index (Phi) is 6.86. The van der Waals surface area contributed by atoms with Gasteiger partial charge in [0.2, 0.25) is 0 Å². The van der Waals surface area contributed by atoms with Crippen molar-refractivity contribution >= 4 is 34.8 Å². The van der Waals surface area contributed by atoms with Gasteiger partial charge in [0.15, 0.2) is 0 Å². The minimum Gasteiger partial charge on any atom is -0.497 e. The number of nitrogens with one attached hydrogen (secondary N) is 3. The molecule has 1 aliphatic rings. The number of rotatable bonds is 7. The maximum Gasteiger partial charge on any atom is 0.323 e. The number of pyridine rings is 1. The third-order valence-electron chi connectivity index (χ3n) is 6.03. The minimum absolute atomic E-state index is 0.122. The van der Waals surface area contributed by atoms with Gasteiger partial charge in [-0.05, 0) is 60.2 Å². The van der Waals surface area contributed by atoms with E-state index in [9.17, 15) is 18.4 Å². The number of carbonyl (C=O) groups is 2. The van der Waals surface area contributed by atoms with E-state index >= 15 is 0 Å². The predicted octanol–water partition coefficient (Wildman–Crippen LogP) is 5.91. The van der Waals surface area contributed by atoms with Gasteiger partial charge in [0, 0.05) is 35.2 Å². The fourth-order valence-electron chi connectivity index (χ4n) is 4.07. The first-order valence-corrected chi connectivity index (χ1v) is 11.7. The van der Waals surface area contributed by atoms with Gasteiger partial charge in [-0.2, -0.15) is 0 Å². The number of amides is 3. The molecule has 38 heavy (non-hydrogen) atoms. The van der Waals surface area contributed by atoms with E-state index in [1.54, 1.807) is 18.1 Å². The Balaban J connectivity index is 1.32. The van der Waals surface area contributed by atoms with E-state index in [2.05, 4.69) is 20.9 Å². The maximum atomic E-state index is 15.0. The van der Waals surface area contributed by atoms with Gasteiger partial charge in [0.25, 0.3) is 5.91 Å². The highest BCUT2D eigenvalue weighted by atomic mass is 19.1. The van der Waals surface area contributed by atoms with Crippen molar-refractivity contribution in [3.63, 3.8) is 0 Å². The summed E-state index contributed by atoms with van der Waals surface area (Å²) in [6.07, 6.45) is 1.52. The molecule has 0 aliphatic carbocycles. The number of halogens is 2. The first-order valence-electron chi connectivity index (χ1n) is 11.7. The van der Waals surface area contributed by atoms with Crippen LogP contribution in [0.3, 0.4) is 0 Å². The molecule has 0 saturated heterocycles. The molecule has 3 amide bonds. The second-order valence-electron chi connectivity index (χ2n) is 8.60. The Morgan fingerprint density at radius 2 is 1.87 bits per heavy atom. The van der Waals surface area contributed by atoms with Crippen LogP contribution in [-0.2, 0) is 13.1 Å². The van der Waals surface area contributed by atoms with Gasteiger partial charge in [0.05, 0.1) is 19.3 Å². The van der Waals surface area contributed by atoms with Crippen molar-refractivity contribution in [2.45, 2.75) is 13.1 Å². The molecule has 4 aromatic rings. The van der Waals surface area contributed by atoms with Crippen LogP contribution in [-0.4, -0.2) is 28.9 Å². The number of anilines is 4. The molecule has 1 aromatic heterocycles. The SMILES string of the molecule is COc1ccc(CN2Cc3c(Nc4ccc(NC(=O)c5cccc(F)c5)cc4F)ccnc3NC2=O)cc1. The van der Waals surface area contributed by atoms with Gasteiger partial charge >= 0.3 is 6.03 Å². The van der Waals surface area contributed by atoms with Crippen molar-refractivity contribution < 1.29 is 23.1 Å². The lowest BCUT2D eigenvalue weighted by Gasteiger charge is -2.30. The number of urea groups is 1. The summed E-state index contributed by atoms with van der Waals surface area (Å²) in [7, 11) is 1.59. The van der Waals surface area contributed by atoms with Gasteiger partial charge in [0.1, 0.15) is 23.2 Å². The molecule has 0 radical (unpaired) electrons. The molecular formula is C28H23F2N5O3. The van der Waals surface area contributed by atoms with Gasteiger partial charge in [-0.25, -0.2) is 18.6 Å². The molecule has 3 aromatic carbocycles. The van der Waals surface area contributed by atoms with Crippen molar-refractivity contribution in [3.8, 4) is 5.75 Å². The summed E-state index contributed by atoms with van der Waals surface area (Å²) in [5.41, 5.74) is 2.70. The van der Waals surface area contributed by atoms with Crippen LogP contribution < -0.4 is 20.7 Å². The van der Waals surface area contributed by atoms with Crippen molar-refractivity contribution in [2.75, 3.05) is 23.1 Å². The van der Waals surface area contributed by atoms with E-state index in [1.165, 1.54) is 42.6 Å². The quantitative estimate of drug-likeness (QED) is 0.284. The number of ether oxygens (including phenoxy) is 1. The van der Waals surface area contributed by atoms with E-state index < -0.39 is 17.5 Å². The van der Waals surface area contributed by atoms with Crippen LogP contribution in [0.2, 0.25) is 0 Å². The van der Waals surface area contributed by atoms with E-state index in [0.29, 0.717) is 23.6 Å². The van der Waals surface area contributed by atoms with Crippen molar-refractivity contribution in [1.82, 2.24) is 9.88 Å². The minimum atomic E-state index is -0.609. The number of hydrogen-bond acceptors (Lipinski definition) is 5. The molecule has 2 heterocycles. The summed E-state index contributed by atoms with van der Waals surface area (Å²) in [5.74, 6) is -0.587. The number of carbonyl (C=O) groups excluding carboxylic acids is 2. The summed E-state index contributed by atoms with van der Waals surface area (Å²) in [6.45, 7) is 0.616. The number of nitrogens with zero attached hydrogens (tertiary/aromatic N) is 2. The predicted molar refractivity (Wildman–Crippen MR) is 140 cm³/mol. The van der Waals surface area contributed by atoms with Crippen molar-refractivity contribution in [3.05, 3.63) is 107 Å². The summed E-state index contributed by atoms with van der Waals surface area (Å²) in [4.78, 5) is 30.9. The zero-order chi connectivity index (χ0) is 26.6. The fraction of sp³-hybridized carbons (Fsp3) is 0.107. The largest absolute Gasteiger partial charge is 0.497 e. The number of fused-ring (bicyclic) bond motifs is 1. The maximum absolute atomic E-state index is 15.0. The van der Waals surface area contributed by atoms with Crippen molar-refractivity contribution in [1.29, 1.82) is 0 Å². The van der Waals surface area contributed by atoms with Gasteiger partial charge < -0.3 is 20.3 Å². The first-order chi connectivity index (χ1) is 18.4. The molecule has 0 spiro atoms. The van der Waals surface area contributed by atoms with E-state index in [-0.39, 0.29) is 29.5 Å². The van der Waals surface area contributed by atoms with Gasteiger partial charge in [-0.3, -0.25) is 10.1 Å². The van der Waals surface area contributed by atoms with E-state index in [0.717, 1.165) is 17.4 Å². The second-order valence-corrected chi connectivity index (χ2v) is 8.60. The highest BCUT2D eigenvalue weighted by Crippen LogP contribution is 2.32. The molecule has 8 nitrogen and oxygen atoms in total. The smallest absolute Gasteiger partial charge is 0.323 e. The molecular weight excluding hydrogens is 492 g/mol. The monoisotopic (exact) mass is 515 g/mol. The Morgan fingerprint density at radius 3 is 2.61 bits per heavy atom. The van der Waals surface area contributed by atoms with Crippen LogP contribution >= 0.6 is 0 Å². The zero-order valence-electron chi connectivity index (χ0n) is 20.3. The third kappa shape index (κ3) is 5.39. The Hall–Kier alpha value is -4.99. The number of aromatic nitrogens is 1. The van der Waals surface area contributed by atoms with Gasteiger partial charge in [-0.15, -0.1) is 0 Å².